The molecule has 2 aromatic carbocycles. The summed E-state index contributed by atoms with van der Waals surface area (Å²) in [4.78, 5) is 14.3. The number of ether oxygens (including phenoxy) is 1. The van der Waals surface area contributed by atoms with E-state index in [1.807, 2.05) is 61.5 Å². The second-order valence-corrected chi connectivity index (χ2v) is 5.79. The van der Waals surface area contributed by atoms with Gasteiger partial charge in [0.25, 0.3) is 0 Å². The van der Waals surface area contributed by atoms with Crippen LogP contribution in [-0.4, -0.2) is 27.1 Å². The predicted molar refractivity (Wildman–Crippen MR) is 95.9 cm³/mol. The van der Waals surface area contributed by atoms with Gasteiger partial charge in [0, 0.05) is 42.5 Å². The number of carbonyl (C=O) groups is 1. The van der Waals surface area contributed by atoms with Crippen LogP contribution in [-0.2, 0) is 11.2 Å². The maximum atomic E-state index is 12.3. The first-order valence-electron chi connectivity index (χ1n) is 7.68. The number of carbonyl (C=O) groups excluding carboxylic acids is 1. The number of hydrogen-bond donors (Lipinski definition) is 1. The Morgan fingerprint density at radius 3 is 2.58 bits per heavy atom. The van der Waals surface area contributed by atoms with Gasteiger partial charge in [-0.15, -0.1) is 0 Å². The van der Waals surface area contributed by atoms with Crippen LogP contribution in [0.3, 0.4) is 0 Å². The largest absolute Gasteiger partial charge is 0.497 e. The molecule has 0 bridgehead atoms. The van der Waals surface area contributed by atoms with Gasteiger partial charge in [-0.3, -0.25) is 4.79 Å². The number of anilines is 2. The number of benzene rings is 2. The number of nitrogens with zero attached hydrogens (tertiary/aromatic N) is 1. The summed E-state index contributed by atoms with van der Waals surface area (Å²) in [5.41, 5.74) is 3.44. The van der Waals surface area contributed by atoms with Crippen LogP contribution < -0.4 is 15.0 Å². The number of amides is 1. The Kier molecular flexibility index (Phi) is 4.42. The van der Waals surface area contributed by atoms with Crippen molar-refractivity contribution in [2.75, 3.05) is 31.4 Å². The number of fused-ring (bicyclic) bond motifs is 1. The van der Waals surface area contributed by atoms with Gasteiger partial charge in [0.05, 0.1) is 19.8 Å². The van der Waals surface area contributed by atoms with Crippen molar-refractivity contribution in [3.8, 4) is 5.75 Å². The fourth-order valence-corrected chi connectivity index (χ4v) is 2.55. The van der Waals surface area contributed by atoms with Gasteiger partial charge in [-0.05, 0) is 36.4 Å². The van der Waals surface area contributed by atoms with E-state index in [0.29, 0.717) is 5.58 Å². The lowest BCUT2D eigenvalue weighted by Gasteiger charge is -2.13. The average Bonchev–Trinajstić information content (AvgIpc) is 2.97. The smallest absolute Gasteiger partial charge is 0.228 e. The summed E-state index contributed by atoms with van der Waals surface area (Å²) < 4.78 is 10.7. The summed E-state index contributed by atoms with van der Waals surface area (Å²) in [6.45, 7) is 0. The van der Waals surface area contributed by atoms with Crippen molar-refractivity contribution < 1.29 is 13.9 Å². The lowest BCUT2D eigenvalue weighted by molar-refractivity contribution is -0.115. The van der Waals surface area contributed by atoms with Crippen LogP contribution in [0.1, 0.15) is 5.56 Å². The molecule has 124 valence electrons. The minimum atomic E-state index is -0.0777. The number of hydrogen-bond acceptors (Lipinski definition) is 4. The number of furan rings is 1. The van der Waals surface area contributed by atoms with Crippen molar-refractivity contribution in [2.24, 2.45) is 0 Å². The van der Waals surface area contributed by atoms with E-state index < -0.39 is 0 Å². The highest BCUT2D eigenvalue weighted by atomic mass is 16.5. The molecule has 24 heavy (non-hydrogen) atoms. The molecule has 1 heterocycles. The first kappa shape index (κ1) is 15.9. The quantitative estimate of drug-likeness (QED) is 0.778. The molecular formula is C19H20N2O3. The zero-order valence-electron chi connectivity index (χ0n) is 14.0. The molecule has 0 aliphatic heterocycles. The van der Waals surface area contributed by atoms with E-state index in [0.717, 1.165) is 28.1 Å². The molecule has 0 unspecified atom stereocenters. The van der Waals surface area contributed by atoms with Crippen LogP contribution in [0.5, 0.6) is 5.75 Å². The van der Waals surface area contributed by atoms with E-state index in [1.165, 1.54) is 0 Å². The molecule has 0 aliphatic carbocycles. The van der Waals surface area contributed by atoms with E-state index in [2.05, 4.69) is 5.32 Å². The van der Waals surface area contributed by atoms with Crippen molar-refractivity contribution in [3.05, 3.63) is 54.3 Å². The zero-order valence-corrected chi connectivity index (χ0v) is 14.0. The van der Waals surface area contributed by atoms with E-state index in [9.17, 15) is 4.79 Å². The van der Waals surface area contributed by atoms with E-state index in [-0.39, 0.29) is 12.3 Å². The third-order valence-corrected chi connectivity index (χ3v) is 3.88. The third kappa shape index (κ3) is 3.35. The van der Waals surface area contributed by atoms with Gasteiger partial charge in [0.15, 0.2) is 0 Å². The van der Waals surface area contributed by atoms with Gasteiger partial charge in [-0.1, -0.05) is 0 Å². The average molecular weight is 324 g/mol. The normalized spacial score (nSPS) is 10.6. The van der Waals surface area contributed by atoms with Crippen LogP contribution in [0, 0.1) is 0 Å². The molecule has 0 radical (unpaired) electrons. The van der Waals surface area contributed by atoms with Crippen molar-refractivity contribution in [3.63, 3.8) is 0 Å². The van der Waals surface area contributed by atoms with Crippen molar-refractivity contribution in [1.29, 1.82) is 0 Å². The number of methoxy groups -OCH3 is 1. The maximum absolute atomic E-state index is 12.3. The highest BCUT2D eigenvalue weighted by molar-refractivity contribution is 5.95. The zero-order chi connectivity index (χ0) is 17.1. The van der Waals surface area contributed by atoms with Crippen LogP contribution in [0.2, 0.25) is 0 Å². The fraction of sp³-hybridized carbons (Fsp3) is 0.211. The maximum Gasteiger partial charge on any atom is 0.228 e. The molecule has 0 fully saturated rings. The van der Waals surface area contributed by atoms with Gasteiger partial charge in [-0.25, -0.2) is 0 Å². The highest BCUT2D eigenvalue weighted by Crippen LogP contribution is 2.26. The van der Waals surface area contributed by atoms with Crippen LogP contribution in [0.4, 0.5) is 11.4 Å². The molecule has 0 saturated heterocycles. The molecule has 5 nitrogen and oxygen atoms in total. The topological polar surface area (TPSA) is 54.7 Å². The summed E-state index contributed by atoms with van der Waals surface area (Å²) in [5, 5.41) is 3.83. The predicted octanol–water partition coefficient (Wildman–Crippen LogP) is 3.69. The standard InChI is InChI=1S/C19H20N2O3/c1-21(2)15-6-4-14(5-7-15)20-19(22)10-13-12-24-18-11-16(23-3)8-9-17(13)18/h4-9,11-12H,10H2,1-3H3,(H,20,22). The molecule has 1 aromatic heterocycles. The van der Waals surface area contributed by atoms with Crippen LogP contribution >= 0.6 is 0 Å². The van der Waals surface area contributed by atoms with Crippen molar-refractivity contribution >= 4 is 28.3 Å². The first-order valence-corrected chi connectivity index (χ1v) is 7.68. The molecule has 1 N–H and O–H groups in total. The Bertz CT molecular complexity index is 851. The fourth-order valence-electron chi connectivity index (χ4n) is 2.55. The first-order chi connectivity index (χ1) is 11.6. The summed E-state index contributed by atoms with van der Waals surface area (Å²) >= 11 is 0. The lowest BCUT2D eigenvalue weighted by Crippen LogP contribution is -2.14. The summed E-state index contributed by atoms with van der Waals surface area (Å²) in [6, 6.07) is 13.3. The van der Waals surface area contributed by atoms with Crippen LogP contribution in [0.15, 0.2) is 53.1 Å². The molecule has 0 spiro atoms. The molecule has 1 amide bonds. The molecule has 0 aliphatic rings. The SMILES string of the molecule is COc1ccc2c(CC(=O)Nc3ccc(N(C)C)cc3)coc2c1. The molecule has 0 atom stereocenters. The van der Waals surface area contributed by atoms with Crippen molar-refractivity contribution in [2.45, 2.75) is 6.42 Å². The number of nitrogens with one attached hydrogen (secondary N) is 1. The Hall–Kier alpha value is -2.95. The minimum Gasteiger partial charge on any atom is -0.497 e. The second kappa shape index (κ2) is 6.66. The molecule has 3 rings (SSSR count). The highest BCUT2D eigenvalue weighted by Gasteiger charge is 2.11. The number of rotatable bonds is 5. The van der Waals surface area contributed by atoms with Gasteiger partial charge in [-0.2, -0.15) is 0 Å². The van der Waals surface area contributed by atoms with Gasteiger partial charge in [0.1, 0.15) is 11.3 Å². The van der Waals surface area contributed by atoms with Gasteiger partial charge in [0.2, 0.25) is 5.91 Å². The summed E-state index contributed by atoms with van der Waals surface area (Å²) in [5.74, 6) is 0.653. The minimum absolute atomic E-state index is 0.0777. The third-order valence-electron chi connectivity index (χ3n) is 3.88. The Morgan fingerprint density at radius 2 is 1.92 bits per heavy atom. The van der Waals surface area contributed by atoms with Crippen molar-refractivity contribution in [1.82, 2.24) is 0 Å². The molecule has 5 heteroatoms. The van der Waals surface area contributed by atoms with Gasteiger partial charge >= 0.3 is 0 Å². The second-order valence-electron chi connectivity index (χ2n) is 5.79. The Morgan fingerprint density at radius 1 is 1.17 bits per heavy atom. The van der Waals surface area contributed by atoms with Crippen LogP contribution in [0.25, 0.3) is 11.0 Å². The molecule has 3 aromatic rings. The van der Waals surface area contributed by atoms with E-state index >= 15 is 0 Å². The molecule has 0 saturated carbocycles. The Balaban J connectivity index is 1.70. The molecular weight excluding hydrogens is 304 g/mol. The van der Waals surface area contributed by atoms with Gasteiger partial charge < -0.3 is 19.4 Å². The van der Waals surface area contributed by atoms with E-state index in [1.54, 1.807) is 13.4 Å². The summed E-state index contributed by atoms with van der Waals surface area (Å²) in [7, 11) is 5.57. The lowest BCUT2D eigenvalue weighted by atomic mass is 10.1. The van der Waals surface area contributed by atoms with E-state index in [4.69, 9.17) is 9.15 Å². The summed E-state index contributed by atoms with van der Waals surface area (Å²) in [6.07, 6.45) is 1.88. The monoisotopic (exact) mass is 324 g/mol. The Labute approximate surface area is 140 Å².